The van der Waals surface area contributed by atoms with Gasteiger partial charge in [-0.05, 0) is 25.3 Å². The number of carbonyl (C=O) groups excluding carboxylic acids is 1. The molecule has 116 valence electrons. The molecule has 1 heterocycles. The summed E-state index contributed by atoms with van der Waals surface area (Å²) in [6.45, 7) is 1.95. The molecule has 0 aromatic heterocycles. The van der Waals surface area contributed by atoms with E-state index in [1.807, 2.05) is 30.3 Å². The zero-order valence-corrected chi connectivity index (χ0v) is 12.3. The molecule has 0 radical (unpaired) electrons. The van der Waals surface area contributed by atoms with Crippen LogP contribution in [0.2, 0.25) is 0 Å². The van der Waals surface area contributed by atoms with Crippen LogP contribution >= 0.6 is 0 Å². The van der Waals surface area contributed by atoms with Gasteiger partial charge in [0.1, 0.15) is 12.3 Å². The summed E-state index contributed by atoms with van der Waals surface area (Å²) in [7, 11) is 0. The molecule has 1 amide bonds. The van der Waals surface area contributed by atoms with Gasteiger partial charge in [0.2, 0.25) is 0 Å². The Morgan fingerprint density at radius 1 is 1.48 bits per heavy atom. The van der Waals surface area contributed by atoms with Crippen molar-refractivity contribution in [2.45, 2.75) is 32.0 Å². The first-order valence-corrected chi connectivity index (χ1v) is 7.28. The molecule has 1 aromatic carbocycles. The predicted molar refractivity (Wildman–Crippen MR) is 77.5 cm³/mol. The van der Waals surface area contributed by atoms with E-state index in [4.69, 9.17) is 9.84 Å². The van der Waals surface area contributed by atoms with Crippen LogP contribution in [-0.4, -0.2) is 41.5 Å². The number of nitrogens with zero attached hydrogens (tertiary/aromatic N) is 1. The summed E-state index contributed by atoms with van der Waals surface area (Å²) in [4.78, 5) is 13.6. The van der Waals surface area contributed by atoms with Crippen molar-refractivity contribution >= 4 is 6.09 Å². The molecule has 0 bridgehead atoms. The van der Waals surface area contributed by atoms with E-state index in [1.165, 1.54) is 11.8 Å². The first kappa shape index (κ1) is 15.8. The van der Waals surface area contributed by atoms with E-state index in [2.05, 4.69) is 0 Å². The van der Waals surface area contributed by atoms with Crippen LogP contribution in [0, 0.1) is 5.92 Å². The summed E-state index contributed by atoms with van der Waals surface area (Å²) in [6.07, 6.45) is 0.984. The number of rotatable bonds is 4. The van der Waals surface area contributed by atoms with Crippen molar-refractivity contribution in [2.24, 2.45) is 5.92 Å². The molecule has 0 aliphatic carbocycles. The van der Waals surface area contributed by atoms with Crippen LogP contribution in [0.5, 0.6) is 0 Å². The number of hydrogen-bond acceptors (Lipinski definition) is 3. The minimum absolute atomic E-state index is 0.216. The van der Waals surface area contributed by atoms with Gasteiger partial charge in [-0.15, -0.1) is 0 Å². The van der Waals surface area contributed by atoms with Gasteiger partial charge < -0.3 is 14.7 Å². The van der Waals surface area contributed by atoms with Crippen molar-refractivity contribution in [3.8, 4) is 0 Å². The zero-order chi connectivity index (χ0) is 15.3. The van der Waals surface area contributed by atoms with E-state index in [9.17, 15) is 9.18 Å². The van der Waals surface area contributed by atoms with Crippen molar-refractivity contribution in [1.29, 1.82) is 0 Å². The second kappa shape index (κ2) is 6.89. The first-order valence-electron chi connectivity index (χ1n) is 7.28. The Bertz CT molecular complexity index is 464. The summed E-state index contributed by atoms with van der Waals surface area (Å²) >= 11 is 0. The molecule has 1 saturated heterocycles. The van der Waals surface area contributed by atoms with Gasteiger partial charge in [-0.25, -0.2) is 9.18 Å². The van der Waals surface area contributed by atoms with Crippen LogP contribution in [0.4, 0.5) is 9.18 Å². The number of alkyl halides is 1. The molecule has 2 rings (SSSR count). The normalized spacial score (nSPS) is 21.7. The number of aliphatic hydroxyl groups is 1. The Kier molecular flexibility index (Phi) is 5.17. The number of carbonyl (C=O) groups is 1. The quantitative estimate of drug-likeness (QED) is 0.929. The first-order chi connectivity index (χ1) is 10.0. The van der Waals surface area contributed by atoms with Crippen molar-refractivity contribution in [2.75, 3.05) is 19.7 Å². The number of hydrogen-bond donors (Lipinski definition) is 1. The molecule has 1 N–H and O–H groups in total. The smallest absolute Gasteiger partial charge is 0.410 e. The fourth-order valence-electron chi connectivity index (χ4n) is 2.57. The van der Waals surface area contributed by atoms with Gasteiger partial charge in [0.25, 0.3) is 0 Å². The van der Waals surface area contributed by atoms with Crippen molar-refractivity contribution in [3.05, 3.63) is 35.9 Å². The molecule has 0 spiro atoms. The number of amides is 1. The molecule has 4 nitrogen and oxygen atoms in total. The van der Waals surface area contributed by atoms with E-state index >= 15 is 0 Å². The second-order valence-electron chi connectivity index (χ2n) is 5.76. The second-order valence-corrected chi connectivity index (χ2v) is 5.76. The van der Waals surface area contributed by atoms with Gasteiger partial charge >= 0.3 is 6.09 Å². The standard InChI is InChI=1S/C16H22FNO3/c1-16(17,12-19)14-8-5-9-18(10-14)15(20)21-11-13-6-3-2-4-7-13/h2-4,6-7,14,19H,5,8-12H2,1H3/t14-,16?/m0/s1. The molecule has 1 aliphatic heterocycles. The summed E-state index contributed by atoms with van der Waals surface area (Å²) in [5.74, 6) is -0.347. The van der Waals surface area contributed by atoms with Gasteiger partial charge in [-0.2, -0.15) is 0 Å². The molecular formula is C16H22FNO3. The van der Waals surface area contributed by atoms with Gasteiger partial charge in [0.05, 0.1) is 6.61 Å². The Balaban J connectivity index is 1.87. The number of halogens is 1. The Morgan fingerprint density at radius 3 is 2.86 bits per heavy atom. The van der Waals surface area contributed by atoms with Gasteiger partial charge in [-0.3, -0.25) is 0 Å². The molecule has 5 heteroatoms. The number of piperidine rings is 1. The molecule has 21 heavy (non-hydrogen) atoms. The van der Waals surface area contributed by atoms with E-state index < -0.39 is 18.4 Å². The number of ether oxygens (including phenoxy) is 1. The minimum atomic E-state index is -1.65. The van der Waals surface area contributed by atoms with Crippen LogP contribution < -0.4 is 0 Å². The third-order valence-electron chi connectivity index (χ3n) is 4.05. The lowest BCUT2D eigenvalue weighted by Crippen LogP contribution is -2.47. The lowest BCUT2D eigenvalue weighted by molar-refractivity contribution is -0.00567. The lowest BCUT2D eigenvalue weighted by Gasteiger charge is -2.37. The number of aliphatic hydroxyl groups excluding tert-OH is 1. The summed E-state index contributed by atoms with van der Waals surface area (Å²) in [5.41, 5.74) is -0.733. The van der Waals surface area contributed by atoms with Crippen LogP contribution in [0.25, 0.3) is 0 Å². The van der Waals surface area contributed by atoms with Crippen molar-refractivity contribution in [3.63, 3.8) is 0 Å². The molecule has 0 saturated carbocycles. The molecular weight excluding hydrogens is 273 g/mol. The lowest BCUT2D eigenvalue weighted by atomic mass is 9.85. The molecule has 1 unspecified atom stereocenters. The largest absolute Gasteiger partial charge is 0.445 e. The molecule has 1 aliphatic rings. The van der Waals surface area contributed by atoms with Gasteiger partial charge in [0.15, 0.2) is 0 Å². The molecule has 1 aromatic rings. The third kappa shape index (κ3) is 4.17. The molecule has 2 atom stereocenters. The Labute approximate surface area is 124 Å². The SMILES string of the molecule is CC(F)(CO)[C@H]1CCCN(C(=O)OCc2ccccc2)C1. The van der Waals surface area contributed by atoms with Crippen molar-refractivity contribution in [1.82, 2.24) is 4.90 Å². The fraction of sp³-hybridized carbons (Fsp3) is 0.562. The van der Waals surface area contributed by atoms with E-state index in [-0.39, 0.29) is 12.5 Å². The average Bonchev–Trinajstić information content (AvgIpc) is 2.53. The highest BCUT2D eigenvalue weighted by molar-refractivity contribution is 5.67. The van der Waals surface area contributed by atoms with Gasteiger partial charge in [-0.1, -0.05) is 30.3 Å². The topological polar surface area (TPSA) is 49.8 Å². The monoisotopic (exact) mass is 295 g/mol. The van der Waals surface area contributed by atoms with Crippen LogP contribution in [-0.2, 0) is 11.3 Å². The summed E-state index contributed by atoms with van der Waals surface area (Å²) in [5, 5.41) is 9.11. The van der Waals surface area contributed by atoms with Crippen LogP contribution in [0.3, 0.4) is 0 Å². The van der Waals surface area contributed by atoms with Crippen LogP contribution in [0.1, 0.15) is 25.3 Å². The molecule has 1 fully saturated rings. The highest BCUT2D eigenvalue weighted by atomic mass is 19.1. The summed E-state index contributed by atoms with van der Waals surface area (Å²) in [6, 6.07) is 9.44. The number of benzene rings is 1. The predicted octanol–water partition coefficient (Wildman–Crippen LogP) is 2.76. The third-order valence-corrected chi connectivity index (χ3v) is 4.05. The maximum atomic E-state index is 14.2. The highest BCUT2D eigenvalue weighted by Gasteiger charge is 2.38. The Morgan fingerprint density at radius 2 is 2.19 bits per heavy atom. The minimum Gasteiger partial charge on any atom is -0.445 e. The fourth-order valence-corrected chi connectivity index (χ4v) is 2.57. The summed E-state index contributed by atoms with van der Waals surface area (Å²) < 4.78 is 19.4. The zero-order valence-electron chi connectivity index (χ0n) is 12.3. The van der Waals surface area contributed by atoms with E-state index in [0.29, 0.717) is 19.5 Å². The highest BCUT2D eigenvalue weighted by Crippen LogP contribution is 2.30. The maximum Gasteiger partial charge on any atom is 0.410 e. The number of likely N-dealkylation sites (tertiary alicyclic amines) is 1. The van der Waals surface area contributed by atoms with E-state index in [0.717, 1.165) is 12.0 Å². The Hall–Kier alpha value is -1.62. The van der Waals surface area contributed by atoms with Crippen LogP contribution in [0.15, 0.2) is 30.3 Å². The maximum absolute atomic E-state index is 14.2. The average molecular weight is 295 g/mol. The van der Waals surface area contributed by atoms with Crippen molar-refractivity contribution < 1.29 is 19.0 Å². The van der Waals surface area contributed by atoms with E-state index in [1.54, 1.807) is 0 Å². The van der Waals surface area contributed by atoms with Gasteiger partial charge in [0, 0.05) is 19.0 Å².